The predicted molar refractivity (Wildman–Crippen MR) is 107 cm³/mol. The molecule has 1 aliphatic rings. The molecular weight excluding hydrogens is 342 g/mol. The zero-order valence-corrected chi connectivity index (χ0v) is 15.3. The molecule has 0 unspecified atom stereocenters. The molecule has 140 valence electrons. The summed E-state index contributed by atoms with van der Waals surface area (Å²) in [6.45, 7) is 3.95. The number of aryl methyl sites for hydroxylation is 1. The number of nitrogens with zero attached hydrogens (tertiary/aromatic N) is 3. The lowest BCUT2D eigenvalue weighted by Crippen LogP contribution is -2.32. The van der Waals surface area contributed by atoms with E-state index in [1.165, 1.54) is 12.0 Å². The number of amides is 1. The standard InChI is InChI=1S/C12H14N4O.C8H9NO/c17-12-14-10-9(5-4-6-13-10)11(15-12)16-7-2-1-3-8-16;1-7-2-4-8(5-3-7)9-6-10/h4-6H,1-3,7-8H2,(H,13,14,15,17);2-6H,1H3,(H,9,10). The summed E-state index contributed by atoms with van der Waals surface area (Å²) in [7, 11) is 0. The van der Waals surface area contributed by atoms with E-state index < -0.39 is 0 Å². The average molecular weight is 365 g/mol. The van der Waals surface area contributed by atoms with Gasteiger partial charge in [0.15, 0.2) is 0 Å². The number of carbonyl (C=O) groups is 1. The maximum absolute atomic E-state index is 11.5. The Morgan fingerprint density at radius 1 is 1.11 bits per heavy atom. The number of H-pyrrole nitrogens is 1. The molecule has 1 fully saturated rings. The van der Waals surface area contributed by atoms with E-state index in [0.717, 1.165) is 42.8 Å². The maximum Gasteiger partial charge on any atom is 0.348 e. The van der Waals surface area contributed by atoms with Crippen LogP contribution in [0.25, 0.3) is 11.0 Å². The maximum atomic E-state index is 11.5. The van der Waals surface area contributed by atoms with Crippen molar-refractivity contribution >= 4 is 28.9 Å². The third-order valence-electron chi connectivity index (χ3n) is 4.41. The smallest absolute Gasteiger partial charge is 0.348 e. The fourth-order valence-corrected chi connectivity index (χ4v) is 3.04. The van der Waals surface area contributed by atoms with E-state index in [1.807, 2.05) is 43.3 Å². The second-order valence-electron chi connectivity index (χ2n) is 6.44. The molecule has 1 amide bonds. The molecular formula is C20H23N5O2. The minimum Gasteiger partial charge on any atom is -0.356 e. The van der Waals surface area contributed by atoms with Crippen LogP contribution in [-0.2, 0) is 4.79 Å². The highest BCUT2D eigenvalue weighted by Crippen LogP contribution is 2.23. The van der Waals surface area contributed by atoms with Crippen LogP contribution in [0.5, 0.6) is 0 Å². The molecule has 0 bridgehead atoms. The molecule has 7 nitrogen and oxygen atoms in total. The highest BCUT2D eigenvalue weighted by atomic mass is 16.1. The second kappa shape index (κ2) is 8.93. The molecule has 3 heterocycles. The largest absolute Gasteiger partial charge is 0.356 e. The number of rotatable bonds is 3. The van der Waals surface area contributed by atoms with Crippen LogP contribution in [0.3, 0.4) is 0 Å². The molecule has 1 aliphatic heterocycles. The monoisotopic (exact) mass is 365 g/mol. The van der Waals surface area contributed by atoms with Crippen LogP contribution < -0.4 is 15.9 Å². The number of aromatic amines is 1. The Hall–Kier alpha value is -3.22. The van der Waals surface area contributed by atoms with Crippen molar-refractivity contribution in [2.45, 2.75) is 26.2 Å². The first-order chi connectivity index (χ1) is 13.2. The van der Waals surface area contributed by atoms with Crippen molar-refractivity contribution in [3.8, 4) is 0 Å². The molecule has 4 rings (SSSR count). The van der Waals surface area contributed by atoms with E-state index in [4.69, 9.17) is 0 Å². The third kappa shape index (κ3) is 4.91. The van der Waals surface area contributed by atoms with E-state index in [0.29, 0.717) is 12.1 Å². The normalized spacial score (nSPS) is 13.6. The summed E-state index contributed by atoms with van der Waals surface area (Å²) in [4.78, 5) is 34.6. The predicted octanol–water partition coefficient (Wildman–Crippen LogP) is 2.87. The minimum absolute atomic E-state index is 0.322. The SMILES string of the molecule is Cc1ccc(NC=O)cc1.O=c1nc(N2CCCCC2)c2cccnc2[nH]1. The van der Waals surface area contributed by atoms with Gasteiger partial charge in [0.2, 0.25) is 6.41 Å². The summed E-state index contributed by atoms with van der Waals surface area (Å²) in [5, 5.41) is 3.48. The molecule has 27 heavy (non-hydrogen) atoms. The highest BCUT2D eigenvalue weighted by molar-refractivity contribution is 5.86. The van der Waals surface area contributed by atoms with Crippen LogP contribution in [0, 0.1) is 6.92 Å². The zero-order chi connectivity index (χ0) is 19.1. The van der Waals surface area contributed by atoms with Gasteiger partial charge >= 0.3 is 5.69 Å². The molecule has 0 atom stereocenters. The summed E-state index contributed by atoms with van der Waals surface area (Å²) < 4.78 is 0. The van der Waals surface area contributed by atoms with E-state index in [-0.39, 0.29) is 5.69 Å². The fraction of sp³-hybridized carbons (Fsp3) is 0.300. The lowest BCUT2D eigenvalue weighted by molar-refractivity contribution is -0.105. The first-order valence-corrected chi connectivity index (χ1v) is 9.04. The molecule has 1 saturated heterocycles. The molecule has 7 heteroatoms. The molecule has 1 aromatic carbocycles. The van der Waals surface area contributed by atoms with Gasteiger partial charge in [-0.2, -0.15) is 4.98 Å². The van der Waals surface area contributed by atoms with E-state index >= 15 is 0 Å². The molecule has 3 aromatic rings. The number of pyridine rings is 1. The highest BCUT2D eigenvalue weighted by Gasteiger charge is 2.16. The summed E-state index contributed by atoms with van der Waals surface area (Å²) in [5.41, 5.74) is 2.32. The Labute approximate surface area is 157 Å². The quantitative estimate of drug-likeness (QED) is 0.697. The van der Waals surface area contributed by atoms with Gasteiger partial charge in [-0.15, -0.1) is 0 Å². The Morgan fingerprint density at radius 2 is 1.85 bits per heavy atom. The molecule has 0 radical (unpaired) electrons. The van der Waals surface area contributed by atoms with Crippen LogP contribution in [-0.4, -0.2) is 34.5 Å². The number of carbonyl (C=O) groups excluding carboxylic acids is 1. The van der Waals surface area contributed by atoms with Gasteiger partial charge in [-0.3, -0.25) is 9.78 Å². The van der Waals surface area contributed by atoms with Crippen molar-refractivity contribution in [1.82, 2.24) is 15.0 Å². The number of aromatic nitrogens is 3. The van der Waals surface area contributed by atoms with Gasteiger partial charge in [-0.25, -0.2) is 9.78 Å². The Kier molecular flexibility index (Phi) is 6.14. The number of anilines is 2. The Bertz CT molecular complexity index is 946. The van der Waals surface area contributed by atoms with Crippen molar-refractivity contribution in [1.29, 1.82) is 0 Å². The van der Waals surface area contributed by atoms with E-state index in [2.05, 4.69) is 25.2 Å². The zero-order valence-electron chi connectivity index (χ0n) is 15.3. The van der Waals surface area contributed by atoms with Gasteiger partial charge in [0.05, 0.1) is 5.39 Å². The number of benzene rings is 1. The van der Waals surface area contributed by atoms with Crippen LogP contribution in [0.4, 0.5) is 11.5 Å². The van der Waals surface area contributed by atoms with Crippen molar-refractivity contribution in [3.05, 3.63) is 58.6 Å². The number of hydrogen-bond donors (Lipinski definition) is 2. The summed E-state index contributed by atoms with van der Waals surface area (Å²) in [6.07, 6.45) is 5.94. The molecule has 2 aromatic heterocycles. The van der Waals surface area contributed by atoms with Crippen molar-refractivity contribution in [2.75, 3.05) is 23.3 Å². The first kappa shape index (κ1) is 18.6. The van der Waals surface area contributed by atoms with Gasteiger partial charge in [-0.1, -0.05) is 17.7 Å². The fourth-order valence-electron chi connectivity index (χ4n) is 3.04. The first-order valence-electron chi connectivity index (χ1n) is 9.04. The topological polar surface area (TPSA) is 91.0 Å². The van der Waals surface area contributed by atoms with Gasteiger partial charge in [0, 0.05) is 25.0 Å². The van der Waals surface area contributed by atoms with Crippen LogP contribution in [0.2, 0.25) is 0 Å². The molecule has 0 saturated carbocycles. The minimum atomic E-state index is -0.322. The number of nitrogens with one attached hydrogen (secondary N) is 2. The number of hydrogen-bond acceptors (Lipinski definition) is 5. The lowest BCUT2D eigenvalue weighted by atomic mass is 10.1. The Balaban J connectivity index is 0.000000180. The second-order valence-corrected chi connectivity index (χ2v) is 6.44. The van der Waals surface area contributed by atoms with E-state index in [9.17, 15) is 9.59 Å². The van der Waals surface area contributed by atoms with Crippen LogP contribution >= 0.6 is 0 Å². The van der Waals surface area contributed by atoms with Crippen molar-refractivity contribution < 1.29 is 4.79 Å². The summed E-state index contributed by atoms with van der Waals surface area (Å²) in [5.74, 6) is 0.775. The van der Waals surface area contributed by atoms with Crippen LogP contribution in [0.15, 0.2) is 47.4 Å². The summed E-state index contributed by atoms with van der Waals surface area (Å²) >= 11 is 0. The number of piperidine rings is 1. The number of fused-ring (bicyclic) bond motifs is 1. The van der Waals surface area contributed by atoms with Crippen LogP contribution in [0.1, 0.15) is 24.8 Å². The third-order valence-corrected chi connectivity index (χ3v) is 4.41. The van der Waals surface area contributed by atoms with Gasteiger partial charge in [0.25, 0.3) is 0 Å². The van der Waals surface area contributed by atoms with Gasteiger partial charge in [0.1, 0.15) is 11.5 Å². The van der Waals surface area contributed by atoms with Gasteiger partial charge in [-0.05, 0) is 50.5 Å². The Morgan fingerprint density at radius 3 is 2.56 bits per heavy atom. The van der Waals surface area contributed by atoms with Crippen molar-refractivity contribution in [3.63, 3.8) is 0 Å². The van der Waals surface area contributed by atoms with Gasteiger partial charge < -0.3 is 10.2 Å². The summed E-state index contributed by atoms with van der Waals surface area (Å²) in [6, 6.07) is 11.5. The van der Waals surface area contributed by atoms with E-state index in [1.54, 1.807) is 6.20 Å². The molecule has 0 aliphatic carbocycles. The molecule has 0 spiro atoms. The lowest BCUT2D eigenvalue weighted by Gasteiger charge is -2.28. The van der Waals surface area contributed by atoms with Crippen molar-refractivity contribution in [2.24, 2.45) is 0 Å². The average Bonchev–Trinajstić information content (AvgIpc) is 2.70. The molecule has 2 N–H and O–H groups in total.